The first-order valence-corrected chi connectivity index (χ1v) is 3.13. The van der Waals surface area contributed by atoms with Crippen molar-refractivity contribution in [3.8, 4) is 0 Å². The van der Waals surface area contributed by atoms with E-state index in [1.165, 1.54) is 18.5 Å². The Labute approximate surface area is 64.2 Å². The zero-order valence-corrected chi connectivity index (χ0v) is 5.81. The summed E-state index contributed by atoms with van der Waals surface area (Å²) < 4.78 is 0.685. The first kappa shape index (κ1) is 7.47. The average molecular weight is 149 g/mol. The van der Waals surface area contributed by atoms with Crippen LogP contribution in [0.4, 0.5) is 0 Å². The van der Waals surface area contributed by atoms with Crippen molar-refractivity contribution in [1.82, 2.24) is 0 Å². The molecule has 0 aliphatic carbocycles. The minimum atomic E-state index is 0.669. The summed E-state index contributed by atoms with van der Waals surface area (Å²) in [6, 6.07) is 3.37. The number of rotatable bonds is 2. The van der Waals surface area contributed by atoms with E-state index in [1.54, 1.807) is 18.2 Å². The Bertz CT molecular complexity index is 281. The molecular formula is C8H7NO2. The van der Waals surface area contributed by atoms with Gasteiger partial charge in [0, 0.05) is 11.6 Å². The standard InChI is InChI=1S/C8H7NO2/c10-6-2-4-8-3-1-5-9(11)7-8/h1-7H. The van der Waals surface area contributed by atoms with Crippen molar-refractivity contribution in [3.63, 3.8) is 0 Å². The van der Waals surface area contributed by atoms with E-state index in [2.05, 4.69) is 0 Å². The maximum absolute atomic E-state index is 10.6. The fourth-order valence-electron chi connectivity index (χ4n) is 0.721. The topological polar surface area (TPSA) is 44.0 Å². The van der Waals surface area contributed by atoms with Crippen LogP contribution in [-0.4, -0.2) is 6.29 Å². The lowest BCUT2D eigenvalue weighted by Crippen LogP contribution is -2.24. The van der Waals surface area contributed by atoms with Crippen LogP contribution >= 0.6 is 0 Å². The molecule has 0 aromatic carbocycles. The van der Waals surface area contributed by atoms with Gasteiger partial charge in [-0.05, 0) is 18.2 Å². The van der Waals surface area contributed by atoms with Gasteiger partial charge in [-0.1, -0.05) is 0 Å². The van der Waals surface area contributed by atoms with E-state index < -0.39 is 0 Å². The molecule has 1 aromatic rings. The highest BCUT2D eigenvalue weighted by atomic mass is 16.5. The summed E-state index contributed by atoms with van der Waals surface area (Å²) in [6.07, 6.45) is 6.36. The van der Waals surface area contributed by atoms with Crippen molar-refractivity contribution in [2.45, 2.75) is 0 Å². The molecule has 0 saturated carbocycles. The largest absolute Gasteiger partial charge is 0.619 e. The Morgan fingerprint density at radius 2 is 2.36 bits per heavy atom. The molecule has 0 atom stereocenters. The van der Waals surface area contributed by atoms with Crippen molar-refractivity contribution >= 4 is 12.4 Å². The SMILES string of the molecule is O=CC=Cc1ccc[n+]([O-])c1. The number of hydrogen-bond acceptors (Lipinski definition) is 2. The number of carbonyl (C=O) groups excluding carboxylic acids is 1. The Morgan fingerprint density at radius 3 is 3.00 bits per heavy atom. The second-order valence-corrected chi connectivity index (χ2v) is 1.99. The molecule has 3 heteroatoms. The molecule has 3 nitrogen and oxygen atoms in total. The molecule has 0 saturated heterocycles. The molecule has 0 fully saturated rings. The predicted molar refractivity (Wildman–Crippen MR) is 40.5 cm³/mol. The quantitative estimate of drug-likeness (QED) is 0.266. The van der Waals surface area contributed by atoms with E-state index >= 15 is 0 Å². The lowest BCUT2D eigenvalue weighted by atomic mass is 10.3. The molecule has 1 rings (SSSR count). The van der Waals surface area contributed by atoms with Crippen LogP contribution in [0.15, 0.2) is 30.6 Å². The molecule has 0 spiro atoms. The van der Waals surface area contributed by atoms with Gasteiger partial charge >= 0.3 is 0 Å². The third kappa shape index (κ3) is 2.21. The van der Waals surface area contributed by atoms with Gasteiger partial charge in [0.2, 0.25) is 0 Å². The van der Waals surface area contributed by atoms with Crippen molar-refractivity contribution in [2.75, 3.05) is 0 Å². The molecule has 1 aromatic heterocycles. The van der Waals surface area contributed by atoms with Gasteiger partial charge < -0.3 is 5.21 Å². The Morgan fingerprint density at radius 1 is 1.55 bits per heavy atom. The molecule has 0 aliphatic rings. The number of nitrogens with zero attached hydrogens (tertiary/aromatic N) is 1. The first-order chi connectivity index (χ1) is 5.33. The minimum Gasteiger partial charge on any atom is -0.619 e. The molecule has 1 heterocycles. The van der Waals surface area contributed by atoms with Crippen LogP contribution in [-0.2, 0) is 4.79 Å². The summed E-state index contributed by atoms with van der Waals surface area (Å²) in [5.74, 6) is 0. The summed E-state index contributed by atoms with van der Waals surface area (Å²) in [6.45, 7) is 0. The van der Waals surface area contributed by atoms with Gasteiger partial charge in [-0.15, -0.1) is 0 Å². The van der Waals surface area contributed by atoms with Gasteiger partial charge in [-0.2, -0.15) is 4.73 Å². The van der Waals surface area contributed by atoms with Crippen LogP contribution in [0.25, 0.3) is 6.08 Å². The predicted octanol–water partition coefficient (Wildman–Crippen LogP) is 0.532. The van der Waals surface area contributed by atoms with E-state index in [9.17, 15) is 10.0 Å². The second-order valence-electron chi connectivity index (χ2n) is 1.99. The van der Waals surface area contributed by atoms with E-state index in [0.29, 0.717) is 11.0 Å². The van der Waals surface area contributed by atoms with Crippen LogP contribution in [0.1, 0.15) is 5.56 Å². The van der Waals surface area contributed by atoms with E-state index in [1.807, 2.05) is 0 Å². The number of aldehydes is 1. The lowest BCUT2D eigenvalue weighted by Gasteiger charge is -1.93. The Kier molecular flexibility index (Phi) is 2.38. The van der Waals surface area contributed by atoms with E-state index in [0.717, 1.165) is 5.56 Å². The van der Waals surface area contributed by atoms with Gasteiger partial charge in [0.15, 0.2) is 12.4 Å². The number of hydrogen-bond donors (Lipinski definition) is 0. The van der Waals surface area contributed by atoms with Crippen LogP contribution in [0.5, 0.6) is 0 Å². The zero-order chi connectivity index (χ0) is 8.10. The highest BCUT2D eigenvalue weighted by Crippen LogP contribution is 1.95. The van der Waals surface area contributed by atoms with Gasteiger partial charge in [0.1, 0.15) is 6.29 Å². The minimum absolute atomic E-state index is 0.669. The Hall–Kier alpha value is -1.64. The molecule has 11 heavy (non-hydrogen) atoms. The lowest BCUT2D eigenvalue weighted by molar-refractivity contribution is -0.605. The number of pyridine rings is 1. The van der Waals surface area contributed by atoms with Gasteiger partial charge in [0.05, 0.1) is 0 Å². The zero-order valence-electron chi connectivity index (χ0n) is 5.81. The van der Waals surface area contributed by atoms with Crippen molar-refractivity contribution in [3.05, 3.63) is 41.4 Å². The number of aromatic nitrogens is 1. The number of allylic oxidation sites excluding steroid dienone is 1. The molecule has 0 radical (unpaired) electrons. The van der Waals surface area contributed by atoms with Crippen molar-refractivity contribution < 1.29 is 9.52 Å². The monoisotopic (exact) mass is 149 g/mol. The van der Waals surface area contributed by atoms with Crippen molar-refractivity contribution in [2.24, 2.45) is 0 Å². The summed E-state index contributed by atoms with van der Waals surface area (Å²) >= 11 is 0. The van der Waals surface area contributed by atoms with Gasteiger partial charge in [0.25, 0.3) is 0 Å². The second kappa shape index (κ2) is 3.51. The highest BCUT2D eigenvalue weighted by molar-refractivity contribution is 5.73. The average Bonchev–Trinajstić information content (AvgIpc) is 2.01. The molecule has 0 N–H and O–H groups in total. The molecule has 0 amide bonds. The third-order valence-corrected chi connectivity index (χ3v) is 1.17. The first-order valence-electron chi connectivity index (χ1n) is 3.13. The normalized spacial score (nSPS) is 10.2. The van der Waals surface area contributed by atoms with Crippen LogP contribution in [0.3, 0.4) is 0 Å². The molecular weight excluding hydrogens is 142 g/mol. The Balaban J connectivity index is 2.87. The highest BCUT2D eigenvalue weighted by Gasteiger charge is 1.89. The van der Waals surface area contributed by atoms with Gasteiger partial charge in [-0.25, -0.2) is 0 Å². The summed E-state index contributed by atoms with van der Waals surface area (Å²) in [7, 11) is 0. The van der Waals surface area contributed by atoms with Crippen LogP contribution in [0, 0.1) is 5.21 Å². The van der Waals surface area contributed by atoms with E-state index in [4.69, 9.17) is 0 Å². The van der Waals surface area contributed by atoms with Crippen LogP contribution < -0.4 is 4.73 Å². The molecule has 56 valence electrons. The fraction of sp³-hybridized carbons (Fsp3) is 0. The smallest absolute Gasteiger partial charge is 0.187 e. The molecule has 0 unspecified atom stereocenters. The third-order valence-electron chi connectivity index (χ3n) is 1.17. The number of carbonyl (C=O) groups is 1. The molecule has 0 bridgehead atoms. The van der Waals surface area contributed by atoms with E-state index in [-0.39, 0.29) is 0 Å². The maximum atomic E-state index is 10.6. The summed E-state index contributed by atoms with van der Waals surface area (Å²) in [4.78, 5) is 9.89. The maximum Gasteiger partial charge on any atom is 0.187 e. The van der Waals surface area contributed by atoms with Crippen LogP contribution in [0.2, 0.25) is 0 Å². The van der Waals surface area contributed by atoms with Gasteiger partial charge in [-0.3, -0.25) is 4.79 Å². The molecule has 0 aliphatic heterocycles. The summed E-state index contributed by atoms with van der Waals surface area (Å²) in [5, 5.41) is 10.6. The van der Waals surface area contributed by atoms with Crippen molar-refractivity contribution in [1.29, 1.82) is 0 Å². The summed E-state index contributed by atoms with van der Waals surface area (Å²) in [5.41, 5.74) is 0.717. The fourth-order valence-corrected chi connectivity index (χ4v) is 0.721.